The number of hydrogen-bond donors (Lipinski definition) is 0. The van der Waals surface area contributed by atoms with Crippen LogP contribution in [0.1, 0.15) is 49.9 Å². The van der Waals surface area contributed by atoms with Crippen molar-refractivity contribution in [2.24, 2.45) is 0 Å². The van der Waals surface area contributed by atoms with Crippen LogP contribution in [0, 0.1) is 6.92 Å². The largest absolute Gasteiger partial charge is 0.489 e. The first kappa shape index (κ1) is 21.4. The van der Waals surface area contributed by atoms with E-state index in [2.05, 4.69) is 6.92 Å². The van der Waals surface area contributed by atoms with Crippen molar-refractivity contribution in [1.29, 1.82) is 0 Å². The van der Waals surface area contributed by atoms with Gasteiger partial charge in [-0.05, 0) is 59.9 Å². The summed E-state index contributed by atoms with van der Waals surface area (Å²) in [5.74, 6) is 0.922. The summed E-state index contributed by atoms with van der Waals surface area (Å²) in [6.07, 6.45) is 2.74. The molecule has 162 valence electrons. The molecule has 0 bridgehead atoms. The lowest BCUT2D eigenvalue weighted by molar-refractivity contribution is 0.0600. The number of Topliss-reactive ketones (excluding diaryl/α,β-unsaturated/α-hetero) is 1. The molecule has 0 fully saturated rings. The van der Waals surface area contributed by atoms with Crippen LogP contribution in [0.3, 0.4) is 0 Å². The van der Waals surface area contributed by atoms with Gasteiger partial charge in [0.15, 0.2) is 5.76 Å². The highest BCUT2D eigenvalue weighted by molar-refractivity contribution is 6.15. The number of carbonyl (C=O) groups is 2. The van der Waals surface area contributed by atoms with Gasteiger partial charge in [-0.25, -0.2) is 4.79 Å². The third-order valence-corrected chi connectivity index (χ3v) is 5.41. The highest BCUT2D eigenvalue weighted by Crippen LogP contribution is 2.37. The first-order valence-electron chi connectivity index (χ1n) is 10.5. The number of benzene rings is 3. The van der Waals surface area contributed by atoms with E-state index >= 15 is 0 Å². The molecule has 5 heteroatoms. The molecule has 1 heterocycles. The lowest BCUT2D eigenvalue weighted by Crippen LogP contribution is -2.02. The highest BCUT2D eigenvalue weighted by Gasteiger charge is 2.30. The molecule has 1 aliphatic heterocycles. The minimum atomic E-state index is -0.376. The zero-order chi connectivity index (χ0) is 22.7. The van der Waals surface area contributed by atoms with Crippen molar-refractivity contribution < 1.29 is 23.8 Å². The van der Waals surface area contributed by atoms with Gasteiger partial charge < -0.3 is 14.2 Å². The van der Waals surface area contributed by atoms with Gasteiger partial charge in [-0.1, -0.05) is 43.3 Å². The lowest BCUT2D eigenvalue weighted by Gasteiger charge is -2.09. The van der Waals surface area contributed by atoms with Crippen molar-refractivity contribution in [1.82, 2.24) is 0 Å². The minimum Gasteiger partial charge on any atom is -0.489 e. The van der Waals surface area contributed by atoms with Gasteiger partial charge in [0.1, 0.15) is 18.1 Å². The molecule has 0 aliphatic carbocycles. The highest BCUT2D eigenvalue weighted by atomic mass is 16.5. The van der Waals surface area contributed by atoms with Gasteiger partial charge in [-0.15, -0.1) is 0 Å². The second kappa shape index (κ2) is 9.10. The summed E-state index contributed by atoms with van der Waals surface area (Å²) in [6, 6.07) is 18.7. The molecule has 3 aromatic carbocycles. The van der Waals surface area contributed by atoms with E-state index in [4.69, 9.17) is 14.2 Å². The van der Waals surface area contributed by atoms with Crippen molar-refractivity contribution in [2.45, 2.75) is 26.9 Å². The van der Waals surface area contributed by atoms with Crippen LogP contribution in [0.4, 0.5) is 0 Å². The molecule has 0 saturated carbocycles. The zero-order valence-corrected chi connectivity index (χ0v) is 18.3. The quantitative estimate of drug-likeness (QED) is 0.381. The first-order chi connectivity index (χ1) is 15.5. The van der Waals surface area contributed by atoms with Gasteiger partial charge in [-0.3, -0.25) is 4.79 Å². The van der Waals surface area contributed by atoms with Crippen LogP contribution < -0.4 is 9.47 Å². The van der Waals surface area contributed by atoms with Crippen molar-refractivity contribution in [3.63, 3.8) is 0 Å². The second-order valence-corrected chi connectivity index (χ2v) is 7.63. The van der Waals surface area contributed by atoms with Crippen molar-refractivity contribution >= 4 is 17.8 Å². The van der Waals surface area contributed by atoms with Crippen molar-refractivity contribution in [2.75, 3.05) is 7.11 Å². The Balaban J connectivity index is 1.49. The van der Waals surface area contributed by atoms with Gasteiger partial charge in [0, 0.05) is 6.07 Å². The number of hydrogen-bond acceptors (Lipinski definition) is 5. The predicted octanol–water partition coefficient (Wildman–Crippen LogP) is 5.54. The molecular weight excluding hydrogens is 404 g/mol. The van der Waals surface area contributed by atoms with E-state index in [1.807, 2.05) is 49.4 Å². The molecule has 32 heavy (non-hydrogen) atoms. The van der Waals surface area contributed by atoms with Gasteiger partial charge in [0.05, 0.1) is 18.2 Å². The van der Waals surface area contributed by atoms with E-state index in [9.17, 15) is 9.59 Å². The molecule has 3 aromatic rings. The van der Waals surface area contributed by atoms with Crippen LogP contribution in [0.25, 0.3) is 6.08 Å². The number of ketones is 1. The van der Waals surface area contributed by atoms with Crippen LogP contribution in [0.2, 0.25) is 0 Å². The molecule has 0 spiro atoms. The van der Waals surface area contributed by atoms with Gasteiger partial charge in [-0.2, -0.15) is 0 Å². The van der Waals surface area contributed by atoms with Crippen LogP contribution >= 0.6 is 0 Å². The fourth-order valence-electron chi connectivity index (χ4n) is 3.58. The minimum absolute atomic E-state index is 0.123. The van der Waals surface area contributed by atoms with E-state index in [1.165, 1.54) is 12.7 Å². The molecule has 0 saturated heterocycles. The summed E-state index contributed by atoms with van der Waals surface area (Å²) in [5, 5.41) is 0. The van der Waals surface area contributed by atoms with Crippen LogP contribution in [0.5, 0.6) is 11.5 Å². The summed E-state index contributed by atoms with van der Waals surface area (Å²) < 4.78 is 16.5. The second-order valence-electron chi connectivity index (χ2n) is 7.63. The maximum absolute atomic E-state index is 12.9. The van der Waals surface area contributed by atoms with Crippen molar-refractivity contribution in [3.8, 4) is 11.5 Å². The molecule has 4 rings (SSSR count). The average molecular weight is 428 g/mol. The third kappa shape index (κ3) is 4.42. The summed E-state index contributed by atoms with van der Waals surface area (Å²) in [7, 11) is 1.35. The number of aryl methyl sites for hydroxylation is 2. The zero-order valence-electron chi connectivity index (χ0n) is 18.3. The number of carbonyl (C=O) groups excluding carboxylic acids is 2. The molecule has 0 aromatic heterocycles. The first-order valence-corrected chi connectivity index (χ1v) is 10.5. The van der Waals surface area contributed by atoms with Crippen molar-refractivity contribution in [3.05, 3.63) is 99.8 Å². The molecule has 0 N–H and O–H groups in total. The lowest BCUT2D eigenvalue weighted by atomic mass is 10.0. The Bertz CT molecular complexity index is 1190. The average Bonchev–Trinajstić information content (AvgIpc) is 3.13. The SMILES string of the molecule is CCc1ccc(/C=C2\Oc3cc(OCc4ccc(C(=O)OC)cc4)cc(C)c3C2=O)cc1. The molecule has 1 aliphatic rings. The normalized spacial score (nSPS) is 13.6. The summed E-state index contributed by atoms with van der Waals surface area (Å²) in [5.41, 5.74) is 4.92. The molecule has 0 amide bonds. The standard InChI is InChI=1S/C27H24O5/c1-4-18-5-7-19(8-6-18)14-24-26(28)25-17(2)13-22(15-23(25)32-24)31-16-20-9-11-21(12-10-20)27(29)30-3/h5-15H,4,16H2,1-3H3/b24-14-. The van der Waals surface area contributed by atoms with Crippen LogP contribution in [-0.2, 0) is 17.8 Å². The Hall–Kier alpha value is -3.86. The summed E-state index contributed by atoms with van der Waals surface area (Å²) >= 11 is 0. The van der Waals surface area contributed by atoms with Gasteiger partial charge in [0.2, 0.25) is 5.78 Å². The van der Waals surface area contributed by atoms with E-state index in [0.717, 1.165) is 23.1 Å². The van der Waals surface area contributed by atoms with Gasteiger partial charge >= 0.3 is 5.97 Å². The fraction of sp³-hybridized carbons (Fsp3) is 0.185. The molecular formula is C27H24O5. The maximum Gasteiger partial charge on any atom is 0.337 e. The Morgan fingerprint density at radius 1 is 1.00 bits per heavy atom. The molecule has 5 nitrogen and oxygen atoms in total. The Morgan fingerprint density at radius 3 is 2.34 bits per heavy atom. The van der Waals surface area contributed by atoms with E-state index in [-0.39, 0.29) is 11.8 Å². The summed E-state index contributed by atoms with van der Waals surface area (Å²) in [4.78, 5) is 24.4. The number of methoxy groups -OCH3 is 1. The number of allylic oxidation sites excluding steroid dienone is 1. The number of fused-ring (bicyclic) bond motifs is 1. The number of rotatable bonds is 6. The molecule has 0 unspecified atom stereocenters. The monoisotopic (exact) mass is 428 g/mol. The van der Waals surface area contributed by atoms with Crippen LogP contribution in [0.15, 0.2) is 66.4 Å². The Kier molecular flexibility index (Phi) is 6.08. The number of ether oxygens (including phenoxy) is 3. The van der Waals surface area contributed by atoms with E-state index in [0.29, 0.717) is 35.0 Å². The predicted molar refractivity (Wildman–Crippen MR) is 122 cm³/mol. The summed E-state index contributed by atoms with van der Waals surface area (Å²) in [6.45, 7) is 4.30. The molecule has 0 atom stereocenters. The van der Waals surface area contributed by atoms with E-state index < -0.39 is 0 Å². The smallest absolute Gasteiger partial charge is 0.337 e. The van der Waals surface area contributed by atoms with Gasteiger partial charge in [0.25, 0.3) is 0 Å². The Morgan fingerprint density at radius 2 is 1.69 bits per heavy atom. The fourth-order valence-corrected chi connectivity index (χ4v) is 3.58. The third-order valence-electron chi connectivity index (χ3n) is 5.41. The topological polar surface area (TPSA) is 61.8 Å². The Labute approximate surface area is 187 Å². The maximum atomic E-state index is 12.9. The molecule has 0 radical (unpaired) electrons. The van der Waals surface area contributed by atoms with Crippen LogP contribution in [-0.4, -0.2) is 18.9 Å². The van der Waals surface area contributed by atoms with E-state index in [1.54, 1.807) is 24.3 Å². The number of esters is 1.